The van der Waals surface area contributed by atoms with E-state index in [9.17, 15) is 0 Å². The van der Waals surface area contributed by atoms with Crippen LogP contribution in [-0.2, 0) is 4.74 Å². The van der Waals surface area contributed by atoms with Crippen molar-refractivity contribution in [3.63, 3.8) is 0 Å². The van der Waals surface area contributed by atoms with Gasteiger partial charge in [-0.05, 0) is 30.1 Å². The van der Waals surface area contributed by atoms with E-state index in [2.05, 4.69) is 13.8 Å². The Kier molecular flexibility index (Phi) is 1.18. The van der Waals surface area contributed by atoms with E-state index in [0.717, 1.165) is 18.4 Å². The lowest BCUT2D eigenvalue weighted by molar-refractivity contribution is 0.233. The highest BCUT2D eigenvalue weighted by molar-refractivity contribution is 6.21. The van der Waals surface area contributed by atoms with Gasteiger partial charge >= 0.3 is 0 Å². The molecule has 2 aliphatic carbocycles. The van der Waals surface area contributed by atoms with Crippen LogP contribution in [0.25, 0.3) is 0 Å². The third-order valence-electron chi connectivity index (χ3n) is 4.40. The molecule has 1 spiro atoms. The van der Waals surface area contributed by atoms with E-state index in [1.807, 2.05) is 0 Å². The Morgan fingerprint density at radius 2 is 2.00 bits per heavy atom. The summed E-state index contributed by atoms with van der Waals surface area (Å²) in [5.74, 6) is 1.78. The highest BCUT2D eigenvalue weighted by atomic mass is 35.5. The van der Waals surface area contributed by atoms with Crippen LogP contribution in [0.4, 0.5) is 0 Å². The quantitative estimate of drug-likeness (QED) is 0.418. The summed E-state index contributed by atoms with van der Waals surface area (Å²) in [4.78, 5) is 0. The van der Waals surface area contributed by atoms with E-state index in [4.69, 9.17) is 16.3 Å². The molecule has 0 aromatic heterocycles. The van der Waals surface area contributed by atoms with Crippen LogP contribution in [-0.4, -0.2) is 17.6 Å². The minimum Gasteiger partial charge on any atom is -0.368 e. The second-order valence-corrected chi connectivity index (χ2v) is 5.82. The monoisotopic (exact) mass is 186 g/mol. The van der Waals surface area contributed by atoms with Gasteiger partial charge in [-0.3, -0.25) is 0 Å². The molecular weight excluding hydrogens is 172 g/mol. The standard InChI is InChI=1S/C10H15ClO/c1-9(2)6-3-8(11)10(5-12-10)4-7(6)9/h6-8H,3-5H2,1-2H3/t6-,7+,8-,10-/m1/s1. The van der Waals surface area contributed by atoms with Crippen molar-refractivity contribution in [3.05, 3.63) is 0 Å². The molecule has 2 saturated carbocycles. The van der Waals surface area contributed by atoms with E-state index in [1.165, 1.54) is 12.8 Å². The average molecular weight is 187 g/mol. The fourth-order valence-electron chi connectivity index (χ4n) is 3.06. The predicted molar refractivity (Wildman–Crippen MR) is 48.3 cm³/mol. The minimum absolute atomic E-state index is 0.122. The number of halogens is 1. The molecular formula is C10H15ClO. The van der Waals surface area contributed by atoms with Crippen LogP contribution in [0.5, 0.6) is 0 Å². The first-order valence-electron chi connectivity index (χ1n) is 4.84. The summed E-state index contributed by atoms with van der Waals surface area (Å²) in [5, 5.41) is 0.292. The number of hydrogen-bond donors (Lipinski definition) is 0. The molecule has 12 heavy (non-hydrogen) atoms. The van der Waals surface area contributed by atoms with Gasteiger partial charge in [0.15, 0.2) is 0 Å². The molecule has 2 heteroatoms. The Bertz CT molecular complexity index is 232. The van der Waals surface area contributed by atoms with Crippen molar-refractivity contribution >= 4 is 11.6 Å². The lowest BCUT2D eigenvalue weighted by atomic mass is 9.89. The zero-order valence-corrected chi connectivity index (χ0v) is 8.40. The van der Waals surface area contributed by atoms with Gasteiger partial charge in [-0.1, -0.05) is 13.8 Å². The van der Waals surface area contributed by atoms with E-state index < -0.39 is 0 Å². The van der Waals surface area contributed by atoms with Gasteiger partial charge in [0.2, 0.25) is 0 Å². The zero-order valence-electron chi connectivity index (χ0n) is 7.64. The van der Waals surface area contributed by atoms with Crippen LogP contribution in [0, 0.1) is 17.3 Å². The molecule has 3 aliphatic rings. The second kappa shape index (κ2) is 1.85. The van der Waals surface area contributed by atoms with Gasteiger partial charge in [-0.2, -0.15) is 0 Å². The van der Waals surface area contributed by atoms with Crippen LogP contribution >= 0.6 is 11.6 Å². The molecule has 0 aromatic carbocycles. The SMILES string of the molecule is CC1(C)[C@@H]2C[C@@H](Cl)[C@]3(CO3)C[C@@H]21. The van der Waals surface area contributed by atoms with E-state index in [1.54, 1.807) is 0 Å². The number of fused-ring (bicyclic) bond motifs is 1. The van der Waals surface area contributed by atoms with Crippen molar-refractivity contribution in [2.24, 2.45) is 17.3 Å². The maximum absolute atomic E-state index is 6.29. The molecule has 0 unspecified atom stereocenters. The van der Waals surface area contributed by atoms with Gasteiger partial charge in [-0.25, -0.2) is 0 Å². The molecule has 1 nitrogen and oxygen atoms in total. The normalized spacial score (nSPS) is 59.8. The first-order chi connectivity index (χ1) is 5.56. The van der Waals surface area contributed by atoms with Gasteiger partial charge in [-0.15, -0.1) is 11.6 Å². The van der Waals surface area contributed by atoms with Crippen LogP contribution in [0.2, 0.25) is 0 Å². The molecule has 1 aliphatic heterocycles. The summed E-state index contributed by atoms with van der Waals surface area (Å²) in [6.45, 7) is 5.65. The van der Waals surface area contributed by atoms with E-state index >= 15 is 0 Å². The summed E-state index contributed by atoms with van der Waals surface area (Å²) in [6.07, 6.45) is 2.40. The van der Waals surface area contributed by atoms with Crippen molar-refractivity contribution in [2.75, 3.05) is 6.61 Å². The molecule has 4 atom stereocenters. The molecule has 0 amide bonds. The molecule has 3 rings (SSSR count). The molecule has 0 radical (unpaired) electrons. The number of rotatable bonds is 0. The highest BCUT2D eigenvalue weighted by Crippen LogP contribution is 2.69. The predicted octanol–water partition coefficient (Wildman–Crippen LogP) is 2.43. The molecule has 1 heterocycles. The Morgan fingerprint density at radius 1 is 1.33 bits per heavy atom. The Morgan fingerprint density at radius 3 is 2.58 bits per heavy atom. The Labute approximate surface area is 78.4 Å². The number of epoxide rings is 1. The maximum atomic E-state index is 6.29. The molecule has 0 bridgehead atoms. The van der Waals surface area contributed by atoms with Crippen LogP contribution in [0.15, 0.2) is 0 Å². The third-order valence-corrected chi connectivity index (χ3v) is 4.98. The summed E-state index contributed by atoms with van der Waals surface area (Å²) < 4.78 is 5.51. The van der Waals surface area contributed by atoms with Gasteiger partial charge < -0.3 is 4.74 Å². The Hall–Kier alpha value is 0.250. The molecule has 0 aromatic rings. The fraction of sp³-hybridized carbons (Fsp3) is 1.00. The summed E-state index contributed by atoms with van der Waals surface area (Å²) in [6, 6.07) is 0. The van der Waals surface area contributed by atoms with Gasteiger partial charge in [0, 0.05) is 0 Å². The van der Waals surface area contributed by atoms with E-state index in [-0.39, 0.29) is 5.60 Å². The first-order valence-corrected chi connectivity index (χ1v) is 5.28. The highest BCUT2D eigenvalue weighted by Gasteiger charge is 2.68. The van der Waals surface area contributed by atoms with Gasteiger partial charge in [0.25, 0.3) is 0 Å². The van der Waals surface area contributed by atoms with Gasteiger partial charge in [0.1, 0.15) is 5.60 Å². The second-order valence-electron chi connectivity index (χ2n) is 5.30. The fourth-order valence-corrected chi connectivity index (χ4v) is 3.47. The first kappa shape index (κ1) is 7.64. The smallest absolute Gasteiger partial charge is 0.108 e. The van der Waals surface area contributed by atoms with Crippen LogP contribution in [0.1, 0.15) is 26.7 Å². The van der Waals surface area contributed by atoms with E-state index in [0.29, 0.717) is 10.8 Å². The maximum Gasteiger partial charge on any atom is 0.108 e. The average Bonchev–Trinajstić information content (AvgIpc) is 2.84. The van der Waals surface area contributed by atoms with Crippen molar-refractivity contribution in [1.82, 2.24) is 0 Å². The van der Waals surface area contributed by atoms with Crippen LogP contribution < -0.4 is 0 Å². The molecule has 0 N–H and O–H groups in total. The Balaban J connectivity index is 1.84. The third kappa shape index (κ3) is 0.748. The number of alkyl halides is 1. The zero-order chi connectivity index (χ0) is 8.56. The van der Waals surface area contributed by atoms with Crippen molar-refractivity contribution in [1.29, 1.82) is 0 Å². The largest absolute Gasteiger partial charge is 0.368 e. The summed E-state index contributed by atoms with van der Waals surface area (Å²) in [7, 11) is 0. The van der Waals surface area contributed by atoms with Gasteiger partial charge in [0.05, 0.1) is 12.0 Å². The lowest BCUT2D eigenvalue weighted by Crippen LogP contribution is -2.30. The van der Waals surface area contributed by atoms with Crippen molar-refractivity contribution in [3.8, 4) is 0 Å². The van der Waals surface area contributed by atoms with Crippen molar-refractivity contribution in [2.45, 2.75) is 37.7 Å². The number of ether oxygens (including phenoxy) is 1. The minimum atomic E-state index is 0.122. The molecule has 3 fully saturated rings. The molecule has 1 saturated heterocycles. The number of hydrogen-bond acceptors (Lipinski definition) is 1. The lowest BCUT2D eigenvalue weighted by Gasteiger charge is -2.22. The topological polar surface area (TPSA) is 12.5 Å². The molecule has 68 valence electrons. The summed E-state index contributed by atoms with van der Waals surface area (Å²) in [5.41, 5.74) is 0.680. The summed E-state index contributed by atoms with van der Waals surface area (Å²) >= 11 is 6.29. The van der Waals surface area contributed by atoms with Crippen LogP contribution in [0.3, 0.4) is 0 Å². The van der Waals surface area contributed by atoms with Crippen molar-refractivity contribution < 1.29 is 4.74 Å².